The Hall–Kier alpha value is -0.930. The number of hydrogen-bond acceptors (Lipinski definition) is 2. The van der Waals surface area contributed by atoms with E-state index in [2.05, 4.69) is 0 Å². The average molecular weight is 197 g/mol. The molecule has 0 amide bonds. The third-order valence-corrected chi connectivity index (χ3v) is 2.48. The van der Waals surface area contributed by atoms with Crippen LogP contribution in [0.15, 0.2) is 6.07 Å². The number of halogens is 1. The highest BCUT2D eigenvalue weighted by Gasteiger charge is 2.12. The minimum Gasteiger partial charge on any atom is -0.314 e. The maximum Gasteiger partial charge on any atom is 0.130 e. The second-order valence-electron chi connectivity index (χ2n) is 3.74. The summed E-state index contributed by atoms with van der Waals surface area (Å²) in [5.74, 6) is -0.214. The topological polar surface area (TPSA) is 23.5 Å². The second-order valence-corrected chi connectivity index (χ2v) is 3.74. The van der Waals surface area contributed by atoms with Crippen LogP contribution in [0.3, 0.4) is 0 Å². The standard InChI is InChI=1S/C11H16FNO/c1-7-5-8(2)11(12)10(9(7)3)6-13(4)14/h5,14H,6H2,1-4H3. The van der Waals surface area contributed by atoms with Gasteiger partial charge in [-0.15, -0.1) is 0 Å². The zero-order chi connectivity index (χ0) is 10.9. The van der Waals surface area contributed by atoms with Crippen molar-refractivity contribution >= 4 is 0 Å². The molecule has 0 saturated carbocycles. The summed E-state index contributed by atoms with van der Waals surface area (Å²) in [7, 11) is 1.51. The molecule has 0 unspecified atom stereocenters. The Labute approximate surface area is 83.9 Å². The lowest BCUT2D eigenvalue weighted by molar-refractivity contribution is -0.0740. The van der Waals surface area contributed by atoms with Crippen molar-refractivity contribution in [3.05, 3.63) is 34.1 Å². The van der Waals surface area contributed by atoms with E-state index in [0.29, 0.717) is 11.1 Å². The highest BCUT2D eigenvalue weighted by molar-refractivity contribution is 5.38. The van der Waals surface area contributed by atoms with Crippen LogP contribution >= 0.6 is 0 Å². The molecule has 0 fully saturated rings. The van der Waals surface area contributed by atoms with Crippen LogP contribution in [-0.2, 0) is 6.54 Å². The molecule has 0 aromatic heterocycles. The number of rotatable bonds is 2. The summed E-state index contributed by atoms with van der Waals surface area (Å²) in [4.78, 5) is 0. The molecule has 1 aromatic carbocycles. The second kappa shape index (κ2) is 4.07. The molecule has 0 bridgehead atoms. The van der Waals surface area contributed by atoms with Gasteiger partial charge in [0.15, 0.2) is 0 Å². The van der Waals surface area contributed by atoms with Gasteiger partial charge in [0.05, 0.1) is 6.54 Å². The predicted octanol–water partition coefficient (Wildman–Crippen LogP) is 2.57. The van der Waals surface area contributed by atoms with E-state index in [1.54, 1.807) is 6.92 Å². The number of hydroxylamine groups is 2. The maximum absolute atomic E-state index is 13.7. The van der Waals surface area contributed by atoms with Crippen molar-refractivity contribution in [3.63, 3.8) is 0 Å². The lowest BCUT2D eigenvalue weighted by atomic mass is 9.99. The van der Waals surface area contributed by atoms with Gasteiger partial charge >= 0.3 is 0 Å². The zero-order valence-electron chi connectivity index (χ0n) is 9.06. The fraction of sp³-hybridized carbons (Fsp3) is 0.455. The fourth-order valence-corrected chi connectivity index (χ4v) is 1.55. The molecule has 3 heteroatoms. The van der Waals surface area contributed by atoms with Crippen molar-refractivity contribution in [2.24, 2.45) is 0 Å². The first-order valence-corrected chi connectivity index (χ1v) is 4.58. The summed E-state index contributed by atoms with van der Waals surface area (Å²) in [5.41, 5.74) is 3.17. The minimum absolute atomic E-state index is 0.214. The predicted molar refractivity (Wildman–Crippen MR) is 53.9 cm³/mol. The van der Waals surface area contributed by atoms with Crippen molar-refractivity contribution in [3.8, 4) is 0 Å². The molecule has 1 aromatic rings. The van der Waals surface area contributed by atoms with Crippen molar-refractivity contribution in [2.75, 3.05) is 7.05 Å². The zero-order valence-corrected chi connectivity index (χ0v) is 9.06. The van der Waals surface area contributed by atoms with E-state index in [0.717, 1.165) is 16.2 Å². The molecule has 2 nitrogen and oxygen atoms in total. The normalized spacial score (nSPS) is 11.1. The van der Waals surface area contributed by atoms with Gasteiger partial charge in [-0.1, -0.05) is 6.07 Å². The van der Waals surface area contributed by atoms with Crippen LogP contribution in [0.4, 0.5) is 4.39 Å². The third kappa shape index (κ3) is 2.11. The highest BCUT2D eigenvalue weighted by atomic mass is 19.1. The van der Waals surface area contributed by atoms with E-state index >= 15 is 0 Å². The van der Waals surface area contributed by atoms with Crippen LogP contribution in [0.5, 0.6) is 0 Å². The Morgan fingerprint density at radius 2 is 1.86 bits per heavy atom. The monoisotopic (exact) mass is 197 g/mol. The van der Waals surface area contributed by atoms with Crippen molar-refractivity contribution < 1.29 is 9.60 Å². The first-order chi connectivity index (χ1) is 6.43. The lowest BCUT2D eigenvalue weighted by Gasteiger charge is -2.15. The molecule has 0 spiro atoms. The summed E-state index contributed by atoms with van der Waals surface area (Å²) < 4.78 is 13.7. The molecular formula is C11H16FNO. The molecule has 0 heterocycles. The van der Waals surface area contributed by atoms with Gasteiger partial charge in [0.2, 0.25) is 0 Å². The maximum atomic E-state index is 13.7. The van der Waals surface area contributed by atoms with E-state index in [9.17, 15) is 4.39 Å². The molecule has 14 heavy (non-hydrogen) atoms. The molecule has 1 N–H and O–H groups in total. The summed E-state index contributed by atoms with van der Waals surface area (Å²) in [6.07, 6.45) is 0. The molecule has 0 atom stereocenters. The van der Waals surface area contributed by atoms with E-state index in [-0.39, 0.29) is 12.4 Å². The Bertz CT molecular complexity index is 321. The van der Waals surface area contributed by atoms with E-state index in [4.69, 9.17) is 5.21 Å². The largest absolute Gasteiger partial charge is 0.314 e. The molecule has 0 radical (unpaired) electrons. The van der Waals surface area contributed by atoms with Gasteiger partial charge < -0.3 is 5.21 Å². The quantitative estimate of drug-likeness (QED) is 0.736. The van der Waals surface area contributed by atoms with Gasteiger partial charge in [-0.3, -0.25) is 0 Å². The number of aryl methyl sites for hydroxylation is 2. The van der Waals surface area contributed by atoms with Crippen LogP contribution in [0.25, 0.3) is 0 Å². The molecule has 0 aliphatic heterocycles. The van der Waals surface area contributed by atoms with Gasteiger partial charge in [0.1, 0.15) is 5.82 Å². The van der Waals surface area contributed by atoms with Gasteiger partial charge in [-0.05, 0) is 37.5 Å². The van der Waals surface area contributed by atoms with E-state index in [1.165, 1.54) is 7.05 Å². The molecule has 78 valence electrons. The first kappa shape index (κ1) is 11.1. The van der Waals surface area contributed by atoms with Crippen molar-refractivity contribution in [1.82, 2.24) is 5.06 Å². The van der Waals surface area contributed by atoms with Gasteiger partial charge in [-0.2, -0.15) is 5.06 Å². The minimum atomic E-state index is -0.214. The SMILES string of the molecule is Cc1cc(C)c(F)c(CN(C)O)c1C. The first-order valence-electron chi connectivity index (χ1n) is 4.58. The molecule has 0 aliphatic carbocycles. The Morgan fingerprint density at radius 1 is 1.29 bits per heavy atom. The van der Waals surface area contributed by atoms with Gasteiger partial charge in [-0.25, -0.2) is 4.39 Å². The fourth-order valence-electron chi connectivity index (χ4n) is 1.55. The van der Waals surface area contributed by atoms with Crippen LogP contribution in [-0.4, -0.2) is 17.3 Å². The van der Waals surface area contributed by atoms with Crippen LogP contribution < -0.4 is 0 Å². The summed E-state index contributed by atoms with van der Waals surface area (Å²) >= 11 is 0. The molecular weight excluding hydrogens is 181 g/mol. The summed E-state index contributed by atoms with van der Waals surface area (Å²) in [5, 5.41) is 10.1. The number of hydrogen-bond donors (Lipinski definition) is 1. The molecule has 0 aliphatic rings. The van der Waals surface area contributed by atoms with Crippen molar-refractivity contribution in [1.29, 1.82) is 0 Å². The van der Waals surface area contributed by atoms with Crippen LogP contribution in [0.2, 0.25) is 0 Å². The number of benzene rings is 1. The highest BCUT2D eigenvalue weighted by Crippen LogP contribution is 2.21. The van der Waals surface area contributed by atoms with Crippen molar-refractivity contribution in [2.45, 2.75) is 27.3 Å². The van der Waals surface area contributed by atoms with E-state index in [1.807, 2.05) is 19.9 Å². The summed E-state index contributed by atoms with van der Waals surface area (Å²) in [6, 6.07) is 1.82. The lowest BCUT2D eigenvalue weighted by Crippen LogP contribution is -2.15. The molecule has 0 saturated heterocycles. The smallest absolute Gasteiger partial charge is 0.130 e. The van der Waals surface area contributed by atoms with Gasteiger partial charge in [0, 0.05) is 12.6 Å². The van der Waals surface area contributed by atoms with Crippen LogP contribution in [0, 0.1) is 26.6 Å². The molecule has 1 rings (SSSR count). The summed E-state index contributed by atoms with van der Waals surface area (Å²) in [6.45, 7) is 5.78. The Balaban J connectivity index is 3.25. The van der Waals surface area contributed by atoms with Crippen LogP contribution in [0.1, 0.15) is 22.3 Å². The van der Waals surface area contributed by atoms with Gasteiger partial charge in [0.25, 0.3) is 0 Å². The Kier molecular flexibility index (Phi) is 3.24. The number of nitrogens with zero attached hydrogens (tertiary/aromatic N) is 1. The Morgan fingerprint density at radius 3 is 2.36 bits per heavy atom. The third-order valence-electron chi connectivity index (χ3n) is 2.48. The average Bonchev–Trinajstić information content (AvgIpc) is 2.09. The van der Waals surface area contributed by atoms with E-state index < -0.39 is 0 Å².